The molecule has 152 valence electrons. The van der Waals surface area contributed by atoms with Crippen LogP contribution in [0.4, 0.5) is 0 Å². The Labute approximate surface area is 180 Å². The van der Waals surface area contributed by atoms with E-state index in [0.717, 1.165) is 24.0 Å². The van der Waals surface area contributed by atoms with E-state index in [1.165, 1.54) is 0 Å². The zero-order chi connectivity index (χ0) is 20.6. The van der Waals surface area contributed by atoms with Crippen LogP contribution in [0.5, 0.6) is 0 Å². The number of rotatable bonds is 4. The molecule has 2 aliphatic rings. The van der Waals surface area contributed by atoms with Gasteiger partial charge in [-0.1, -0.05) is 47.8 Å². The van der Waals surface area contributed by atoms with Crippen LogP contribution in [0, 0.1) is 5.92 Å². The van der Waals surface area contributed by atoms with Crippen LogP contribution in [0.1, 0.15) is 31.2 Å². The van der Waals surface area contributed by atoms with Crippen LogP contribution in [0.3, 0.4) is 0 Å². The Morgan fingerprint density at radius 3 is 2.62 bits per heavy atom. The van der Waals surface area contributed by atoms with E-state index in [2.05, 4.69) is 5.32 Å². The van der Waals surface area contributed by atoms with E-state index in [4.69, 9.17) is 27.9 Å². The Morgan fingerprint density at radius 2 is 1.90 bits per heavy atom. The van der Waals surface area contributed by atoms with E-state index in [9.17, 15) is 9.90 Å². The number of hydrogen-bond acceptors (Lipinski definition) is 3. The molecule has 1 aliphatic carbocycles. The molecule has 2 unspecified atom stereocenters. The average molecular weight is 432 g/mol. The minimum atomic E-state index is -0.729. The van der Waals surface area contributed by atoms with E-state index in [1.807, 2.05) is 36.4 Å². The van der Waals surface area contributed by atoms with Crippen molar-refractivity contribution in [1.82, 2.24) is 5.32 Å². The van der Waals surface area contributed by atoms with Crippen molar-refractivity contribution in [2.24, 2.45) is 5.92 Å². The fourth-order valence-corrected chi connectivity index (χ4v) is 4.91. The van der Waals surface area contributed by atoms with Gasteiger partial charge in [0.15, 0.2) is 0 Å². The molecule has 29 heavy (non-hydrogen) atoms. The number of amides is 1. The van der Waals surface area contributed by atoms with Crippen LogP contribution in [0.2, 0.25) is 10.0 Å². The van der Waals surface area contributed by atoms with E-state index >= 15 is 0 Å². The standard InChI is InChI=1S/C23H23Cl2NO3/c1-29-13-14-3-2-10-23(12-14)21(27)20(22(28)26-23)18-11-16(6-9-19(18)25)15-4-7-17(24)8-5-15/h4-9,11,14,27H,2-3,10,12-13H2,1H3,(H,26,28). The maximum absolute atomic E-state index is 12.9. The van der Waals surface area contributed by atoms with Gasteiger partial charge in [0.2, 0.25) is 0 Å². The second-order valence-corrected chi connectivity index (χ2v) is 8.72. The van der Waals surface area contributed by atoms with E-state index in [1.54, 1.807) is 13.2 Å². The van der Waals surface area contributed by atoms with Crippen LogP contribution >= 0.6 is 23.2 Å². The number of ether oxygens (including phenoxy) is 1. The predicted octanol–water partition coefficient (Wildman–Crippen LogP) is 5.63. The zero-order valence-electron chi connectivity index (χ0n) is 16.2. The maximum atomic E-state index is 12.9. The number of halogens is 2. The normalized spacial score (nSPS) is 24.2. The quantitative estimate of drug-likeness (QED) is 0.658. The Hall–Kier alpha value is -2.01. The largest absolute Gasteiger partial charge is 0.509 e. The molecule has 1 saturated carbocycles. The van der Waals surface area contributed by atoms with Gasteiger partial charge in [-0.25, -0.2) is 0 Å². The minimum Gasteiger partial charge on any atom is -0.509 e. The number of benzene rings is 2. The Balaban J connectivity index is 1.75. The highest BCUT2D eigenvalue weighted by Crippen LogP contribution is 2.44. The molecule has 0 bridgehead atoms. The molecule has 1 spiro atoms. The summed E-state index contributed by atoms with van der Waals surface area (Å²) in [6.07, 6.45) is 3.32. The number of hydrogen-bond donors (Lipinski definition) is 2. The smallest absolute Gasteiger partial charge is 0.256 e. The number of carbonyl (C=O) groups is 1. The second-order valence-electron chi connectivity index (χ2n) is 7.88. The SMILES string of the molecule is COCC1CCCC2(C1)NC(=O)C(c1cc(-c3ccc(Cl)cc3)ccc1Cl)=C2O. The van der Waals surface area contributed by atoms with Gasteiger partial charge < -0.3 is 15.2 Å². The third kappa shape index (κ3) is 3.77. The summed E-state index contributed by atoms with van der Waals surface area (Å²) in [7, 11) is 1.68. The molecule has 2 N–H and O–H groups in total. The lowest BCUT2D eigenvalue weighted by molar-refractivity contribution is -0.116. The summed E-state index contributed by atoms with van der Waals surface area (Å²) >= 11 is 12.4. The summed E-state index contributed by atoms with van der Waals surface area (Å²) in [5.41, 5.74) is 1.94. The molecule has 0 radical (unpaired) electrons. The monoisotopic (exact) mass is 431 g/mol. The fraction of sp³-hybridized carbons (Fsp3) is 0.348. The molecule has 4 nitrogen and oxygen atoms in total. The van der Waals surface area contributed by atoms with Gasteiger partial charge in [-0.05, 0) is 60.6 Å². The van der Waals surface area contributed by atoms with Gasteiger partial charge in [0.05, 0.1) is 11.1 Å². The van der Waals surface area contributed by atoms with E-state index < -0.39 is 5.54 Å². The number of aliphatic hydroxyl groups is 1. The third-order valence-corrected chi connectivity index (χ3v) is 6.52. The summed E-state index contributed by atoms with van der Waals surface area (Å²) in [6.45, 7) is 0.618. The van der Waals surface area contributed by atoms with Gasteiger partial charge in [0, 0.05) is 29.3 Å². The second kappa shape index (κ2) is 8.02. The first-order chi connectivity index (χ1) is 13.9. The predicted molar refractivity (Wildman–Crippen MR) is 116 cm³/mol. The lowest BCUT2D eigenvalue weighted by Crippen LogP contribution is -2.48. The van der Waals surface area contributed by atoms with Crippen LogP contribution < -0.4 is 5.32 Å². The van der Waals surface area contributed by atoms with Gasteiger partial charge in [-0.3, -0.25) is 4.79 Å². The van der Waals surface area contributed by atoms with E-state index in [0.29, 0.717) is 41.0 Å². The minimum absolute atomic E-state index is 0.0958. The maximum Gasteiger partial charge on any atom is 0.256 e. The van der Waals surface area contributed by atoms with Crippen LogP contribution in [-0.4, -0.2) is 30.3 Å². The Bertz CT molecular complexity index is 969. The molecule has 4 rings (SSSR count). The molecule has 1 heterocycles. The van der Waals surface area contributed by atoms with Gasteiger partial charge >= 0.3 is 0 Å². The first-order valence-electron chi connectivity index (χ1n) is 9.74. The van der Waals surface area contributed by atoms with Crippen LogP contribution in [0.15, 0.2) is 48.2 Å². The molecule has 0 saturated heterocycles. The summed E-state index contributed by atoms with van der Waals surface area (Å²) in [6, 6.07) is 13.0. The van der Waals surface area contributed by atoms with E-state index in [-0.39, 0.29) is 17.2 Å². The van der Waals surface area contributed by atoms with Crippen molar-refractivity contribution in [2.75, 3.05) is 13.7 Å². The summed E-state index contributed by atoms with van der Waals surface area (Å²) in [5, 5.41) is 15.3. The van der Waals surface area contributed by atoms with Crippen molar-refractivity contribution in [3.8, 4) is 11.1 Å². The number of aliphatic hydroxyl groups excluding tert-OH is 1. The Morgan fingerprint density at radius 1 is 1.17 bits per heavy atom. The zero-order valence-corrected chi connectivity index (χ0v) is 17.7. The molecular weight excluding hydrogens is 409 g/mol. The lowest BCUT2D eigenvalue weighted by atomic mass is 9.75. The summed E-state index contributed by atoms with van der Waals surface area (Å²) in [5.74, 6) is 0.112. The molecule has 0 aromatic heterocycles. The van der Waals surface area contributed by atoms with Crippen molar-refractivity contribution in [3.63, 3.8) is 0 Å². The first kappa shape index (κ1) is 20.3. The van der Waals surface area contributed by atoms with Gasteiger partial charge in [0.25, 0.3) is 5.91 Å². The van der Waals surface area contributed by atoms with Crippen molar-refractivity contribution in [1.29, 1.82) is 0 Å². The number of methoxy groups -OCH3 is 1. The topological polar surface area (TPSA) is 58.6 Å². The molecule has 2 aromatic carbocycles. The molecule has 1 aliphatic heterocycles. The fourth-order valence-electron chi connectivity index (χ4n) is 4.57. The van der Waals surface area contributed by atoms with Crippen LogP contribution in [-0.2, 0) is 9.53 Å². The molecule has 2 atom stereocenters. The molecule has 1 amide bonds. The molecule has 1 fully saturated rings. The van der Waals surface area contributed by atoms with Crippen LogP contribution in [0.25, 0.3) is 16.7 Å². The number of carbonyl (C=O) groups excluding carboxylic acids is 1. The highest BCUT2D eigenvalue weighted by Gasteiger charge is 2.48. The first-order valence-corrected chi connectivity index (χ1v) is 10.5. The van der Waals surface area contributed by atoms with Crippen molar-refractivity contribution >= 4 is 34.7 Å². The van der Waals surface area contributed by atoms with Gasteiger partial charge in [-0.15, -0.1) is 0 Å². The Kier molecular flexibility index (Phi) is 5.60. The van der Waals surface area contributed by atoms with Gasteiger partial charge in [-0.2, -0.15) is 0 Å². The molecule has 6 heteroatoms. The highest BCUT2D eigenvalue weighted by molar-refractivity contribution is 6.36. The average Bonchev–Trinajstić information content (AvgIpc) is 2.93. The highest BCUT2D eigenvalue weighted by atomic mass is 35.5. The summed E-state index contributed by atoms with van der Waals surface area (Å²) in [4.78, 5) is 12.9. The molecular formula is C23H23Cl2NO3. The lowest BCUT2D eigenvalue weighted by Gasteiger charge is -2.37. The molecule has 2 aromatic rings. The van der Waals surface area contributed by atoms with Crippen molar-refractivity contribution < 1.29 is 14.6 Å². The van der Waals surface area contributed by atoms with Crippen molar-refractivity contribution in [2.45, 2.75) is 31.2 Å². The summed E-state index contributed by atoms with van der Waals surface area (Å²) < 4.78 is 5.31. The van der Waals surface area contributed by atoms with Gasteiger partial charge in [0.1, 0.15) is 5.76 Å². The van der Waals surface area contributed by atoms with Crippen molar-refractivity contribution in [3.05, 3.63) is 63.8 Å². The number of nitrogens with one attached hydrogen (secondary N) is 1. The third-order valence-electron chi connectivity index (χ3n) is 5.94.